The van der Waals surface area contributed by atoms with Crippen LogP contribution >= 0.6 is 0 Å². The molecule has 1 heterocycles. The number of β-amino-alcohol motifs (C(OH)–C–C–N with tert-alkyl or cyclic N) is 1. The number of aliphatic hydroxyl groups excluding tert-OH is 1. The van der Waals surface area contributed by atoms with Gasteiger partial charge in [0, 0.05) is 13.1 Å². The second-order valence-corrected chi connectivity index (χ2v) is 12.0. The molecule has 2 amide bonds. The molecule has 1 aliphatic rings. The van der Waals surface area contributed by atoms with Crippen LogP contribution in [0.15, 0.2) is 59.5 Å². The lowest BCUT2D eigenvalue weighted by atomic mass is 10.0. The van der Waals surface area contributed by atoms with E-state index in [9.17, 15) is 23.1 Å². The van der Waals surface area contributed by atoms with E-state index in [1.54, 1.807) is 12.1 Å². The van der Waals surface area contributed by atoms with E-state index in [1.807, 2.05) is 44.2 Å². The molecule has 0 aliphatic carbocycles. The van der Waals surface area contributed by atoms with Gasteiger partial charge in [0.05, 0.1) is 30.8 Å². The summed E-state index contributed by atoms with van der Waals surface area (Å²) in [5.74, 6) is -0.172. The molecule has 3 N–H and O–H groups in total. The molecule has 0 radical (unpaired) electrons. The monoisotopic (exact) mass is 561 g/mol. The van der Waals surface area contributed by atoms with Crippen molar-refractivity contribution in [3.8, 4) is 5.75 Å². The zero-order valence-electron chi connectivity index (χ0n) is 22.7. The molecule has 0 spiro atoms. The first-order valence-corrected chi connectivity index (χ1v) is 14.6. The Kier molecular flexibility index (Phi) is 11.3. The maximum absolute atomic E-state index is 13.2. The first-order chi connectivity index (χ1) is 18.6. The standard InChI is InChI=1S/C28H39N3O7S/c1-20(2)16-25(29-27(33)19-38-18-21-8-5-4-6-9-21)28(34)30-24-10-7-15-31(17-26(24)32)39(35,36)23-13-11-22(37-3)12-14-23/h4-6,8-9,11-14,20,24-26,32H,7,10,15-19H2,1-3H3,(H,29,33)(H,30,34)/t24?,25?,26-/m0/s1. The first kappa shape index (κ1) is 30.6. The van der Waals surface area contributed by atoms with Crippen molar-refractivity contribution in [1.29, 1.82) is 0 Å². The summed E-state index contributed by atoms with van der Waals surface area (Å²) in [5, 5.41) is 16.5. The Hall–Kier alpha value is -2.99. The van der Waals surface area contributed by atoms with E-state index in [2.05, 4.69) is 10.6 Å². The second kappa shape index (κ2) is 14.4. The Morgan fingerprint density at radius 2 is 1.79 bits per heavy atom. The van der Waals surface area contributed by atoms with E-state index in [-0.39, 0.29) is 37.1 Å². The SMILES string of the molecule is COc1ccc(S(=O)(=O)N2CCCC(NC(=O)C(CC(C)C)NC(=O)COCc3ccccc3)[C@@H](O)C2)cc1. The van der Waals surface area contributed by atoms with E-state index < -0.39 is 40.0 Å². The van der Waals surface area contributed by atoms with Crippen LogP contribution in [0.5, 0.6) is 5.75 Å². The van der Waals surface area contributed by atoms with Crippen molar-refractivity contribution >= 4 is 21.8 Å². The molecule has 0 aromatic heterocycles. The molecule has 3 rings (SSSR count). The van der Waals surface area contributed by atoms with Crippen LogP contribution in [0.4, 0.5) is 0 Å². The number of carbonyl (C=O) groups excluding carboxylic acids is 2. The third-order valence-electron chi connectivity index (χ3n) is 6.51. The number of hydrogen-bond acceptors (Lipinski definition) is 7. The lowest BCUT2D eigenvalue weighted by Crippen LogP contribution is -2.54. The van der Waals surface area contributed by atoms with Crippen molar-refractivity contribution in [1.82, 2.24) is 14.9 Å². The largest absolute Gasteiger partial charge is 0.497 e. The topological polar surface area (TPSA) is 134 Å². The number of nitrogens with one attached hydrogen (secondary N) is 2. The van der Waals surface area contributed by atoms with Crippen LogP contribution in [0.2, 0.25) is 0 Å². The Morgan fingerprint density at radius 3 is 2.44 bits per heavy atom. The van der Waals surface area contributed by atoms with E-state index in [0.717, 1.165) is 5.56 Å². The Morgan fingerprint density at radius 1 is 1.10 bits per heavy atom. The Balaban J connectivity index is 1.58. The van der Waals surface area contributed by atoms with Crippen LogP contribution in [0, 0.1) is 5.92 Å². The lowest BCUT2D eigenvalue weighted by Gasteiger charge is -2.27. The van der Waals surface area contributed by atoms with E-state index in [0.29, 0.717) is 25.0 Å². The molecular weight excluding hydrogens is 522 g/mol. The number of methoxy groups -OCH3 is 1. The smallest absolute Gasteiger partial charge is 0.246 e. The van der Waals surface area contributed by atoms with Gasteiger partial charge in [0.15, 0.2) is 0 Å². The first-order valence-electron chi connectivity index (χ1n) is 13.1. The Bertz CT molecular complexity index is 1170. The average molecular weight is 562 g/mol. The normalized spacial score (nSPS) is 19.2. The van der Waals surface area contributed by atoms with Gasteiger partial charge in [-0.2, -0.15) is 4.31 Å². The molecule has 2 unspecified atom stereocenters. The molecule has 214 valence electrons. The number of nitrogens with zero attached hydrogens (tertiary/aromatic N) is 1. The fourth-order valence-electron chi connectivity index (χ4n) is 4.45. The predicted molar refractivity (Wildman–Crippen MR) is 146 cm³/mol. The van der Waals surface area contributed by atoms with E-state index in [4.69, 9.17) is 9.47 Å². The maximum Gasteiger partial charge on any atom is 0.246 e. The highest BCUT2D eigenvalue weighted by atomic mass is 32.2. The number of rotatable bonds is 12. The predicted octanol–water partition coefficient (Wildman–Crippen LogP) is 2.07. The molecule has 0 bridgehead atoms. The molecule has 11 heteroatoms. The molecular formula is C28H39N3O7S. The fraction of sp³-hybridized carbons (Fsp3) is 0.500. The van der Waals surface area contributed by atoms with Gasteiger partial charge in [0.1, 0.15) is 18.4 Å². The quantitative estimate of drug-likeness (QED) is 0.361. The summed E-state index contributed by atoms with van der Waals surface area (Å²) in [5.41, 5.74) is 0.937. The van der Waals surface area contributed by atoms with Crippen LogP contribution < -0.4 is 15.4 Å². The Labute approximate surface area is 230 Å². The molecule has 2 aromatic carbocycles. The molecule has 1 fully saturated rings. The van der Waals surface area contributed by atoms with E-state index >= 15 is 0 Å². The number of carbonyl (C=O) groups is 2. The number of amides is 2. The van der Waals surface area contributed by atoms with Crippen molar-refractivity contribution in [2.24, 2.45) is 5.92 Å². The van der Waals surface area contributed by atoms with Crippen molar-refractivity contribution in [3.63, 3.8) is 0 Å². The van der Waals surface area contributed by atoms with E-state index in [1.165, 1.54) is 23.5 Å². The molecule has 2 aromatic rings. The van der Waals surface area contributed by atoms with Gasteiger partial charge < -0.3 is 25.2 Å². The highest BCUT2D eigenvalue weighted by Crippen LogP contribution is 2.23. The summed E-state index contributed by atoms with van der Waals surface area (Å²) in [4.78, 5) is 25.8. The minimum atomic E-state index is -3.84. The van der Waals surface area contributed by atoms with Gasteiger partial charge >= 0.3 is 0 Å². The summed E-state index contributed by atoms with van der Waals surface area (Å²) >= 11 is 0. The van der Waals surface area contributed by atoms with Crippen LogP contribution in [0.1, 0.15) is 38.7 Å². The summed E-state index contributed by atoms with van der Waals surface area (Å²) in [6, 6.07) is 14.1. The molecule has 3 atom stereocenters. The van der Waals surface area contributed by atoms with Gasteiger partial charge in [-0.05, 0) is 55.0 Å². The third kappa shape index (κ3) is 9.03. The summed E-state index contributed by atoms with van der Waals surface area (Å²) in [6.45, 7) is 4.03. The number of aliphatic hydroxyl groups is 1. The van der Waals surface area contributed by atoms with Crippen LogP contribution in [-0.4, -0.2) is 74.6 Å². The minimum absolute atomic E-state index is 0.104. The molecule has 1 aliphatic heterocycles. The lowest BCUT2D eigenvalue weighted by molar-refractivity contribution is -0.132. The maximum atomic E-state index is 13.2. The highest BCUT2D eigenvalue weighted by Gasteiger charge is 2.34. The van der Waals surface area contributed by atoms with Gasteiger partial charge in [-0.1, -0.05) is 44.2 Å². The number of benzene rings is 2. The van der Waals surface area contributed by atoms with Crippen LogP contribution in [-0.2, 0) is 31.0 Å². The minimum Gasteiger partial charge on any atom is -0.497 e. The molecule has 1 saturated heterocycles. The third-order valence-corrected chi connectivity index (χ3v) is 8.39. The number of sulfonamides is 1. The summed E-state index contributed by atoms with van der Waals surface area (Å²) in [6.07, 6.45) is 0.127. The number of hydrogen-bond donors (Lipinski definition) is 3. The summed E-state index contributed by atoms with van der Waals surface area (Å²) < 4.78 is 38.2. The van der Waals surface area contributed by atoms with Gasteiger partial charge in [0.2, 0.25) is 21.8 Å². The van der Waals surface area contributed by atoms with Crippen molar-refractivity contribution in [2.75, 3.05) is 26.8 Å². The zero-order valence-corrected chi connectivity index (χ0v) is 23.5. The van der Waals surface area contributed by atoms with Crippen LogP contribution in [0.3, 0.4) is 0 Å². The average Bonchev–Trinajstić information content (AvgIpc) is 3.10. The van der Waals surface area contributed by atoms with Gasteiger partial charge in [-0.15, -0.1) is 0 Å². The molecule has 0 saturated carbocycles. The molecule has 39 heavy (non-hydrogen) atoms. The van der Waals surface area contributed by atoms with Crippen molar-refractivity contribution in [2.45, 2.75) is 62.8 Å². The van der Waals surface area contributed by atoms with Crippen molar-refractivity contribution < 1.29 is 32.6 Å². The zero-order chi connectivity index (χ0) is 28.4. The van der Waals surface area contributed by atoms with Gasteiger partial charge in [-0.25, -0.2) is 8.42 Å². The fourth-order valence-corrected chi connectivity index (χ4v) is 5.95. The summed E-state index contributed by atoms with van der Waals surface area (Å²) in [7, 11) is -2.34. The van der Waals surface area contributed by atoms with Crippen molar-refractivity contribution in [3.05, 3.63) is 60.2 Å². The molecule has 10 nitrogen and oxygen atoms in total. The van der Waals surface area contributed by atoms with Gasteiger partial charge in [0.25, 0.3) is 0 Å². The van der Waals surface area contributed by atoms with Crippen LogP contribution in [0.25, 0.3) is 0 Å². The van der Waals surface area contributed by atoms with Gasteiger partial charge in [-0.3, -0.25) is 9.59 Å². The number of ether oxygens (including phenoxy) is 2. The highest BCUT2D eigenvalue weighted by molar-refractivity contribution is 7.89. The second-order valence-electron chi connectivity index (χ2n) is 10.1.